The fourth-order valence-electron chi connectivity index (χ4n) is 1.82. The molecule has 0 saturated heterocycles. The minimum absolute atomic E-state index is 0.0408. The molecular weight excluding hydrogens is 332 g/mol. The molecule has 0 aliphatic heterocycles. The Hall–Kier alpha value is -1.69. The lowest BCUT2D eigenvalue weighted by atomic mass is 10.1. The van der Waals surface area contributed by atoms with Gasteiger partial charge in [-0.25, -0.2) is 8.78 Å². The molecule has 1 heterocycles. The van der Waals surface area contributed by atoms with Crippen LogP contribution in [0.1, 0.15) is 23.0 Å². The van der Waals surface area contributed by atoms with Crippen LogP contribution in [0.3, 0.4) is 0 Å². The lowest BCUT2D eigenvalue weighted by Crippen LogP contribution is -2.34. The van der Waals surface area contributed by atoms with Gasteiger partial charge in [-0.1, -0.05) is 6.07 Å². The Morgan fingerprint density at radius 1 is 1.30 bits per heavy atom. The fraction of sp³-hybridized carbons (Fsp3) is 0.214. The molecular formula is C14H12BrF2NO2. The van der Waals surface area contributed by atoms with Crippen molar-refractivity contribution < 1.29 is 18.0 Å². The van der Waals surface area contributed by atoms with Gasteiger partial charge in [0.25, 0.3) is 5.91 Å². The Bertz CT molecular complexity index is 607. The molecule has 1 amide bonds. The van der Waals surface area contributed by atoms with Crippen LogP contribution in [-0.2, 0) is 6.42 Å². The number of rotatable bonds is 4. The normalized spacial score (nSPS) is 12.2. The van der Waals surface area contributed by atoms with Gasteiger partial charge in [0.15, 0.2) is 10.4 Å². The third kappa shape index (κ3) is 3.45. The fourth-order valence-corrected chi connectivity index (χ4v) is 2.12. The number of halogens is 3. The van der Waals surface area contributed by atoms with Crippen LogP contribution in [0.4, 0.5) is 8.78 Å². The van der Waals surface area contributed by atoms with E-state index in [0.717, 1.165) is 0 Å². The summed E-state index contributed by atoms with van der Waals surface area (Å²) in [6.07, 6.45) is 0.0616. The first-order valence-corrected chi connectivity index (χ1v) is 6.75. The Kier molecular flexibility index (Phi) is 4.54. The highest BCUT2D eigenvalue weighted by Gasteiger charge is 2.16. The second-order valence-electron chi connectivity index (χ2n) is 4.38. The molecule has 0 saturated carbocycles. The summed E-state index contributed by atoms with van der Waals surface area (Å²) in [6.45, 7) is 1.67. The van der Waals surface area contributed by atoms with Crippen molar-refractivity contribution in [2.45, 2.75) is 19.4 Å². The van der Waals surface area contributed by atoms with E-state index in [2.05, 4.69) is 21.2 Å². The van der Waals surface area contributed by atoms with Gasteiger partial charge in [0.2, 0.25) is 0 Å². The van der Waals surface area contributed by atoms with Crippen molar-refractivity contribution in [2.75, 3.05) is 0 Å². The Morgan fingerprint density at radius 3 is 2.50 bits per heavy atom. The maximum atomic E-state index is 13.5. The Labute approximate surface area is 123 Å². The molecule has 0 aliphatic rings. The third-order valence-corrected chi connectivity index (χ3v) is 3.17. The molecule has 6 heteroatoms. The van der Waals surface area contributed by atoms with Gasteiger partial charge < -0.3 is 9.73 Å². The van der Waals surface area contributed by atoms with Crippen molar-refractivity contribution in [1.29, 1.82) is 0 Å². The van der Waals surface area contributed by atoms with E-state index in [1.165, 1.54) is 24.3 Å². The van der Waals surface area contributed by atoms with E-state index in [4.69, 9.17) is 4.42 Å². The summed E-state index contributed by atoms with van der Waals surface area (Å²) in [7, 11) is 0. The van der Waals surface area contributed by atoms with Crippen molar-refractivity contribution in [2.24, 2.45) is 0 Å². The van der Waals surface area contributed by atoms with E-state index in [0.29, 0.717) is 4.67 Å². The largest absolute Gasteiger partial charge is 0.444 e. The number of hydrogen-bond donors (Lipinski definition) is 1. The van der Waals surface area contributed by atoms with Crippen molar-refractivity contribution in [1.82, 2.24) is 5.32 Å². The van der Waals surface area contributed by atoms with Crippen molar-refractivity contribution in [3.8, 4) is 0 Å². The molecule has 2 aromatic rings. The van der Waals surface area contributed by atoms with E-state index in [1.807, 2.05) is 0 Å². The minimum Gasteiger partial charge on any atom is -0.444 e. The average Bonchev–Trinajstić information content (AvgIpc) is 2.81. The first kappa shape index (κ1) is 14.7. The predicted molar refractivity (Wildman–Crippen MR) is 73.4 cm³/mol. The molecule has 1 aromatic heterocycles. The van der Waals surface area contributed by atoms with E-state index in [-0.39, 0.29) is 17.7 Å². The molecule has 20 heavy (non-hydrogen) atoms. The number of furan rings is 1. The van der Waals surface area contributed by atoms with Crippen molar-refractivity contribution >= 4 is 21.8 Å². The van der Waals surface area contributed by atoms with Crippen LogP contribution in [0.15, 0.2) is 39.4 Å². The van der Waals surface area contributed by atoms with Crippen molar-refractivity contribution in [3.05, 3.63) is 58.0 Å². The smallest absolute Gasteiger partial charge is 0.287 e. The van der Waals surface area contributed by atoms with Gasteiger partial charge in [0.1, 0.15) is 11.6 Å². The summed E-state index contributed by atoms with van der Waals surface area (Å²) in [5, 5.41) is 2.63. The number of nitrogens with one attached hydrogen (secondary N) is 1. The maximum Gasteiger partial charge on any atom is 0.287 e. The van der Waals surface area contributed by atoms with Gasteiger partial charge in [-0.05, 0) is 53.5 Å². The summed E-state index contributed by atoms with van der Waals surface area (Å²) < 4.78 is 32.5. The summed E-state index contributed by atoms with van der Waals surface area (Å²) in [4.78, 5) is 11.8. The van der Waals surface area contributed by atoms with Crippen LogP contribution in [0.2, 0.25) is 0 Å². The molecule has 3 nitrogen and oxygen atoms in total. The highest BCUT2D eigenvalue weighted by atomic mass is 79.9. The van der Waals surface area contributed by atoms with Gasteiger partial charge in [-0.15, -0.1) is 0 Å². The lowest BCUT2D eigenvalue weighted by Gasteiger charge is -2.14. The molecule has 0 aliphatic carbocycles. The Balaban J connectivity index is 2.02. The molecule has 106 valence electrons. The molecule has 1 atom stereocenters. The monoisotopic (exact) mass is 343 g/mol. The van der Waals surface area contributed by atoms with Crippen LogP contribution in [-0.4, -0.2) is 11.9 Å². The first-order chi connectivity index (χ1) is 9.47. The molecule has 2 rings (SSSR count). The van der Waals surface area contributed by atoms with Crippen LogP contribution in [0.5, 0.6) is 0 Å². The van der Waals surface area contributed by atoms with Gasteiger partial charge >= 0.3 is 0 Å². The number of amides is 1. The molecule has 1 unspecified atom stereocenters. The molecule has 0 radical (unpaired) electrons. The first-order valence-electron chi connectivity index (χ1n) is 5.96. The second kappa shape index (κ2) is 6.17. The third-order valence-electron chi connectivity index (χ3n) is 2.75. The standard InChI is InChI=1S/C14H12BrF2NO2/c1-8(7-9-10(16)3-2-4-11(9)17)18-14(19)12-5-6-13(15)20-12/h2-6,8H,7H2,1H3,(H,18,19). The van der Waals surface area contributed by atoms with Gasteiger partial charge in [0, 0.05) is 11.6 Å². The SMILES string of the molecule is CC(Cc1c(F)cccc1F)NC(=O)c1ccc(Br)o1. The molecule has 0 bridgehead atoms. The van der Waals surface area contributed by atoms with Gasteiger partial charge in [0.05, 0.1) is 0 Å². The number of benzene rings is 1. The van der Waals surface area contributed by atoms with Crippen LogP contribution in [0.25, 0.3) is 0 Å². The zero-order chi connectivity index (χ0) is 14.7. The number of carbonyl (C=O) groups excluding carboxylic acids is 1. The number of carbonyl (C=O) groups is 1. The maximum absolute atomic E-state index is 13.5. The second-order valence-corrected chi connectivity index (χ2v) is 5.16. The van der Waals surface area contributed by atoms with Crippen LogP contribution < -0.4 is 5.32 Å². The molecule has 0 spiro atoms. The molecule has 1 N–H and O–H groups in total. The molecule has 0 fully saturated rings. The Morgan fingerprint density at radius 2 is 1.95 bits per heavy atom. The quantitative estimate of drug-likeness (QED) is 0.919. The average molecular weight is 344 g/mol. The topological polar surface area (TPSA) is 42.2 Å². The molecule has 1 aromatic carbocycles. The summed E-state index contributed by atoms with van der Waals surface area (Å²) in [6, 6.07) is 6.36. The summed E-state index contributed by atoms with van der Waals surface area (Å²) >= 11 is 3.09. The van der Waals surface area contributed by atoms with Gasteiger partial charge in [-0.2, -0.15) is 0 Å². The summed E-state index contributed by atoms with van der Waals surface area (Å²) in [5.41, 5.74) is -0.0408. The zero-order valence-corrected chi connectivity index (χ0v) is 12.2. The highest BCUT2D eigenvalue weighted by Crippen LogP contribution is 2.16. The van der Waals surface area contributed by atoms with E-state index in [1.54, 1.807) is 13.0 Å². The minimum atomic E-state index is -0.619. The number of hydrogen-bond acceptors (Lipinski definition) is 2. The zero-order valence-electron chi connectivity index (χ0n) is 10.6. The van der Waals surface area contributed by atoms with Crippen LogP contribution >= 0.6 is 15.9 Å². The van der Waals surface area contributed by atoms with Crippen LogP contribution in [0, 0.1) is 11.6 Å². The van der Waals surface area contributed by atoms with E-state index >= 15 is 0 Å². The van der Waals surface area contributed by atoms with Gasteiger partial charge in [-0.3, -0.25) is 4.79 Å². The van der Waals surface area contributed by atoms with Crippen molar-refractivity contribution in [3.63, 3.8) is 0 Å². The van der Waals surface area contributed by atoms with E-state index in [9.17, 15) is 13.6 Å². The lowest BCUT2D eigenvalue weighted by molar-refractivity contribution is 0.0910. The van der Waals surface area contributed by atoms with E-state index < -0.39 is 23.6 Å². The predicted octanol–water partition coefficient (Wildman–Crippen LogP) is 3.68. The summed E-state index contributed by atoms with van der Waals surface area (Å²) in [5.74, 6) is -1.53. The highest BCUT2D eigenvalue weighted by molar-refractivity contribution is 9.10.